The summed E-state index contributed by atoms with van der Waals surface area (Å²) in [5.74, 6) is -0.150. The summed E-state index contributed by atoms with van der Waals surface area (Å²) in [6, 6.07) is 0. The zero-order chi connectivity index (χ0) is 18.3. The van der Waals surface area contributed by atoms with Crippen LogP contribution in [-0.4, -0.2) is 34.0 Å². The van der Waals surface area contributed by atoms with E-state index in [0.29, 0.717) is 24.3 Å². The topological polar surface area (TPSA) is 66.8 Å². The van der Waals surface area contributed by atoms with E-state index in [1.54, 1.807) is 19.9 Å². The van der Waals surface area contributed by atoms with Crippen molar-refractivity contribution in [1.29, 1.82) is 0 Å². The fourth-order valence-corrected chi connectivity index (χ4v) is 4.28. The van der Waals surface area contributed by atoms with Crippen molar-refractivity contribution in [3.05, 3.63) is 23.3 Å². The molecule has 0 spiro atoms. The van der Waals surface area contributed by atoms with Crippen LogP contribution in [0.25, 0.3) is 0 Å². The first-order chi connectivity index (χ1) is 11.0. The lowest BCUT2D eigenvalue weighted by molar-refractivity contribution is -0.202. The van der Waals surface area contributed by atoms with Crippen LogP contribution >= 0.6 is 0 Å². The first-order valence-electron chi connectivity index (χ1n) is 8.99. The standard InChI is InChI=1S/C20H32O4/c1-7-13(4)18(22)24-17-8-9-19(5,23)15-10-14(12(2)3)11-16(21)20(15,17)6/h7,11-12,15-17,21,23H,8-10H2,1-6H3/b13-7+/t15-,16+,17+,19-,20-/m0/s1. The van der Waals surface area contributed by atoms with Crippen molar-refractivity contribution in [3.63, 3.8) is 0 Å². The van der Waals surface area contributed by atoms with Crippen LogP contribution in [-0.2, 0) is 9.53 Å². The Kier molecular flexibility index (Phi) is 5.31. The average Bonchev–Trinajstić information content (AvgIpc) is 2.51. The Labute approximate surface area is 145 Å². The first kappa shape index (κ1) is 19.2. The lowest BCUT2D eigenvalue weighted by atomic mass is 9.53. The lowest BCUT2D eigenvalue weighted by Gasteiger charge is -2.57. The van der Waals surface area contributed by atoms with Gasteiger partial charge in [-0.3, -0.25) is 0 Å². The van der Waals surface area contributed by atoms with Crippen LogP contribution in [0.2, 0.25) is 0 Å². The molecule has 2 aliphatic carbocycles. The number of allylic oxidation sites excluding steroid dienone is 2. The van der Waals surface area contributed by atoms with Crippen LogP contribution in [0.3, 0.4) is 0 Å². The summed E-state index contributed by atoms with van der Waals surface area (Å²) in [5, 5.41) is 21.9. The van der Waals surface area contributed by atoms with Gasteiger partial charge in [0.05, 0.1) is 11.7 Å². The number of carbonyl (C=O) groups excluding carboxylic acids is 1. The summed E-state index contributed by atoms with van der Waals surface area (Å²) in [6.45, 7) is 11.5. The molecule has 4 heteroatoms. The van der Waals surface area contributed by atoms with Gasteiger partial charge in [0.2, 0.25) is 0 Å². The molecule has 2 rings (SSSR count). The van der Waals surface area contributed by atoms with Crippen LogP contribution < -0.4 is 0 Å². The molecule has 136 valence electrons. The predicted molar refractivity (Wildman–Crippen MR) is 94.3 cm³/mol. The quantitative estimate of drug-likeness (QED) is 0.471. The highest BCUT2D eigenvalue weighted by atomic mass is 16.5. The summed E-state index contributed by atoms with van der Waals surface area (Å²) in [5.41, 5.74) is 0.185. The van der Waals surface area contributed by atoms with Gasteiger partial charge >= 0.3 is 5.97 Å². The van der Waals surface area contributed by atoms with E-state index in [2.05, 4.69) is 13.8 Å². The zero-order valence-corrected chi connectivity index (χ0v) is 15.8. The molecule has 4 nitrogen and oxygen atoms in total. The molecule has 0 saturated heterocycles. The number of aliphatic hydroxyl groups is 2. The van der Waals surface area contributed by atoms with E-state index in [1.165, 1.54) is 5.57 Å². The van der Waals surface area contributed by atoms with E-state index in [1.807, 2.05) is 19.9 Å². The number of esters is 1. The van der Waals surface area contributed by atoms with E-state index in [4.69, 9.17) is 4.74 Å². The van der Waals surface area contributed by atoms with Crippen LogP contribution in [0, 0.1) is 17.3 Å². The zero-order valence-electron chi connectivity index (χ0n) is 15.8. The summed E-state index contributed by atoms with van der Waals surface area (Å²) >= 11 is 0. The van der Waals surface area contributed by atoms with Gasteiger partial charge in [-0.2, -0.15) is 0 Å². The van der Waals surface area contributed by atoms with Crippen LogP contribution in [0.5, 0.6) is 0 Å². The van der Waals surface area contributed by atoms with Gasteiger partial charge in [0.1, 0.15) is 6.10 Å². The molecule has 0 aromatic heterocycles. The molecule has 24 heavy (non-hydrogen) atoms. The van der Waals surface area contributed by atoms with E-state index in [0.717, 1.165) is 6.42 Å². The maximum atomic E-state index is 12.2. The summed E-state index contributed by atoms with van der Waals surface area (Å²) in [7, 11) is 0. The molecule has 0 unspecified atom stereocenters. The number of ether oxygens (including phenoxy) is 1. The second-order valence-electron chi connectivity index (χ2n) is 8.23. The summed E-state index contributed by atoms with van der Waals surface area (Å²) in [6.07, 6.45) is 4.37. The largest absolute Gasteiger partial charge is 0.458 e. The van der Waals surface area contributed by atoms with Crippen molar-refractivity contribution in [3.8, 4) is 0 Å². The van der Waals surface area contributed by atoms with E-state index in [-0.39, 0.29) is 11.9 Å². The van der Waals surface area contributed by atoms with Gasteiger partial charge < -0.3 is 14.9 Å². The Balaban J connectivity index is 2.39. The first-order valence-corrected chi connectivity index (χ1v) is 8.99. The number of hydrogen-bond donors (Lipinski definition) is 2. The second kappa shape index (κ2) is 6.64. The highest BCUT2D eigenvalue weighted by Crippen LogP contribution is 2.55. The highest BCUT2D eigenvalue weighted by molar-refractivity contribution is 5.87. The molecule has 0 aromatic rings. The molecule has 0 heterocycles. The van der Waals surface area contributed by atoms with E-state index < -0.39 is 23.2 Å². The molecule has 1 saturated carbocycles. The van der Waals surface area contributed by atoms with Gasteiger partial charge in [0.15, 0.2) is 0 Å². The van der Waals surface area contributed by atoms with Crippen molar-refractivity contribution < 1.29 is 19.7 Å². The molecule has 0 aromatic carbocycles. The molecule has 0 amide bonds. The third kappa shape index (κ3) is 3.18. The van der Waals surface area contributed by atoms with Gasteiger partial charge in [-0.1, -0.05) is 38.5 Å². The molecule has 2 aliphatic rings. The molecular weight excluding hydrogens is 304 g/mol. The van der Waals surface area contributed by atoms with Gasteiger partial charge in [-0.15, -0.1) is 0 Å². The minimum atomic E-state index is -0.872. The molecule has 0 aliphatic heterocycles. The Bertz CT molecular complexity index is 558. The highest BCUT2D eigenvalue weighted by Gasteiger charge is 2.59. The number of aliphatic hydroxyl groups excluding tert-OH is 1. The maximum Gasteiger partial charge on any atom is 0.333 e. The minimum Gasteiger partial charge on any atom is -0.458 e. The fourth-order valence-electron chi connectivity index (χ4n) is 4.28. The van der Waals surface area contributed by atoms with Crippen molar-refractivity contribution in [2.75, 3.05) is 0 Å². The molecule has 5 atom stereocenters. The van der Waals surface area contributed by atoms with Gasteiger partial charge in [0, 0.05) is 16.9 Å². The van der Waals surface area contributed by atoms with Crippen LogP contribution in [0.1, 0.15) is 60.8 Å². The number of fused-ring (bicyclic) bond motifs is 1. The number of rotatable bonds is 3. The van der Waals surface area contributed by atoms with Crippen molar-refractivity contribution in [2.45, 2.75) is 78.6 Å². The Hall–Kier alpha value is -1.13. The Morgan fingerprint density at radius 2 is 2.04 bits per heavy atom. The number of carbonyl (C=O) groups is 1. The monoisotopic (exact) mass is 336 g/mol. The number of hydrogen-bond acceptors (Lipinski definition) is 4. The van der Waals surface area contributed by atoms with Crippen LogP contribution in [0.4, 0.5) is 0 Å². The van der Waals surface area contributed by atoms with Gasteiger partial charge in [0.25, 0.3) is 0 Å². The summed E-state index contributed by atoms with van der Waals surface area (Å²) < 4.78 is 5.77. The summed E-state index contributed by atoms with van der Waals surface area (Å²) in [4.78, 5) is 12.2. The Morgan fingerprint density at radius 3 is 2.58 bits per heavy atom. The van der Waals surface area contributed by atoms with Crippen molar-refractivity contribution in [2.24, 2.45) is 17.3 Å². The van der Waals surface area contributed by atoms with Crippen LogP contribution in [0.15, 0.2) is 23.3 Å². The van der Waals surface area contributed by atoms with Crippen molar-refractivity contribution in [1.82, 2.24) is 0 Å². The lowest BCUT2D eigenvalue weighted by Crippen LogP contribution is -2.62. The minimum absolute atomic E-state index is 0.139. The smallest absolute Gasteiger partial charge is 0.333 e. The molecule has 1 fully saturated rings. The average molecular weight is 336 g/mol. The molecule has 2 N–H and O–H groups in total. The fraction of sp³-hybridized carbons (Fsp3) is 0.750. The molecular formula is C20H32O4. The molecule has 0 radical (unpaired) electrons. The SMILES string of the molecule is C/C=C(\C)C(=O)O[C@@H]1CC[C@](C)(O)[C@@H]2CC(C(C)C)=C[C@@H](O)[C@]21C. The van der Waals surface area contributed by atoms with Gasteiger partial charge in [-0.25, -0.2) is 4.79 Å². The van der Waals surface area contributed by atoms with E-state index in [9.17, 15) is 15.0 Å². The second-order valence-corrected chi connectivity index (χ2v) is 8.23. The third-order valence-electron chi connectivity index (χ3n) is 6.30. The van der Waals surface area contributed by atoms with Gasteiger partial charge in [-0.05, 0) is 46.0 Å². The molecule has 0 bridgehead atoms. The Morgan fingerprint density at radius 1 is 1.42 bits per heavy atom. The maximum absolute atomic E-state index is 12.2. The normalized spacial score (nSPS) is 40.1. The van der Waals surface area contributed by atoms with Crippen molar-refractivity contribution >= 4 is 5.97 Å². The third-order valence-corrected chi connectivity index (χ3v) is 6.30. The predicted octanol–water partition coefficient (Wildman–Crippen LogP) is 3.38. The van der Waals surface area contributed by atoms with E-state index >= 15 is 0 Å².